The second-order valence-corrected chi connectivity index (χ2v) is 21.9. The van der Waals surface area contributed by atoms with Gasteiger partial charge in [-0.2, -0.15) is 22.2 Å². The number of ether oxygens (including phenoxy) is 2. The van der Waals surface area contributed by atoms with Crippen molar-refractivity contribution in [2.24, 2.45) is 0 Å². The molecule has 13 N–H and O–H groups in total. The second kappa shape index (κ2) is 20.4. The number of aromatic amines is 1. The Morgan fingerprint density at radius 3 is 1.47 bits per heavy atom. The van der Waals surface area contributed by atoms with Gasteiger partial charge in [0, 0.05) is 12.4 Å². The summed E-state index contributed by atoms with van der Waals surface area (Å²) in [7, 11) is -34.3. The number of hydrogen-bond acceptors (Lipinski definition) is 21. The molecule has 2 aromatic rings. The normalized spacial score (nSPS) is 29.8. The number of anilines is 1. The van der Waals surface area contributed by atoms with Gasteiger partial charge in [0.1, 0.15) is 30.1 Å². The maximum atomic E-state index is 14.7. The number of alkyl halides is 2. The highest BCUT2D eigenvalue weighted by atomic mass is 32.1. The van der Waals surface area contributed by atoms with E-state index in [2.05, 4.69) is 48.5 Å². The molecule has 0 spiro atoms. The zero-order valence-corrected chi connectivity index (χ0v) is 38.0. The summed E-state index contributed by atoms with van der Waals surface area (Å²) in [5, 5.41) is 20.4. The number of nitrogens with zero attached hydrogens (tertiary/aromatic N) is 3. The van der Waals surface area contributed by atoms with Gasteiger partial charge < -0.3 is 69.6 Å². The van der Waals surface area contributed by atoms with E-state index in [1.807, 2.05) is 0 Å². The van der Waals surface area contributed by atoms with E-state index in [0.717, 1.165) is 0 Å². The minimum atomic E-state index is -5.84. The largest absolute Gasteiger partial charge is 0.490 e. The highest BCUT2D eigenvalue weighted by Crippen LogP contribution is 2.67. The predicted molar refractivity (Wildman–Crippen MR) is 203 cm³/mol. The van der Waals surface area contributed by atoms with Crippen LogP contribution in [-0.2, 0) is 63.2 Å². The molecule has 2 aromatic heterocycles. The number of rotatable bonds is 16. The number of aliphatic hydroxyl groups excluding tert-OH is 2. The van der Waals surface area contributed by atoms with Crippen LogP contribution >= 0.6 is 83.6 Å². The number of aromatic nitrogens is 4. The predicted octanol–water partition coefficient (Wildman–Crippen LogP) is 1.63. The van der Waals surface area contributed by atoms with Crippen molar-refractivity contribution in [3.8, 4) is 24.7 Å². The Bertz CT molecular complexity index is 2690. The summed E-state index contributed by atoms with van der Waals surface area (Å²) < 4.78 is 158. The van der Waals surface area contributed by atoms with Gasteiger partial charge >= 0.3 is 46.9 Å². The number of hydrogen-bond donors (Lipinski definition) is 12. The Labute approximate surface area is 367 Å². The summed E-state index contributed by atoms with van der Waals surface area (Å²) in [6.45, 7) is -2.73. The molecule has 6 unspecified atom stereocenters. The number of nitrogens with one attached hydrogen (secondary N) is 1. The molecular formula is C22H27F4N5O24P6S3. The molecule has 0 bridgehead atoms. The van der Waals surface area contributed by atoms with E-state index in [0.29, 0.717) is 21.5 Å². The van der Waals surface area contributed by atoms with Gasteiger partial charge in [-0.15, -0.1) is 12.8 Å². The molecular weight excluding hydrogens is 1080 g/mol. The molecule has 4 heterocycles. The van der Waals surface area contributed by atoms with E-state index >= 15 is 0 Å². The van der Waals surface area contributed by atoms with Crippen LogP contribution in [0.3, 0.4) is 0 Å². The summed E-state index contributed by atoms with van der Waals surface area (Å²) in [5.74, 6) is 0.789. The summed E-state index contributed by atoms with van der Waals surface area (Å²) in [4.78, 5) is 76.9. The van der Waals surface area contributed by atoms with Crippen molar-refractivity contribution in [2.45, 2.75) is 48.2 Å². The first-order valence-electron chi connectivity index (χ1n) is 15.4. The molecule has 0 amide bonds. The van der Waals surface area contributed by atoms with Crippen molar-refractivity contribution in [1.82, 2.24) is 19.1 Å². The molecule has 0 radical (unpaired) electrons. The zero-order chi connectivity index (χ0) is 49.4. The van der Waals surface area contributed by atoms with Crippen LogP contribution in [0.15, 0.2) is 12.4 Å². The smallest absolute Gasteiger partial charge is 0.386 e. The molecule has 2 aliphatic heterocycles. The Hall–Kier alpha value is -1.88. The van der Waals surface area contributed by atoms with E-state index in [9.17, 15) is 65.0 Å². The lowest BCUT2D eigenvalue weighted by Gasteiger charge is -2.27. The van der Waals surface area contributed by atoms with Crippen LogP contribution in [0, 0.1) is 50.5 Å². The van der Waals surface area contributed by atoms with E-state index in [4.69, 9.17) is 81.9 Å². The topological polar surface area (TPSA) is 443 Å². The SMILES string of the molecule is C#C[C@]1(COP(=O)(O)OP(=O)(O)OP(=O)(O)O)O[C@@H](n2cc(F)c(=S)[nH]c2=S)C(F)[C@H]1O.C#C[C@]1(COP(=O)(O)OP(=O)(O)OP(=O)(O)O)O[C@@H](n2cc(F)c(N)nc2=S)C(F)[C@H]1O. The van der Waals surface area contributed by atoms with E-state index in [1.54, 1.807) is 11.8 Å². The molecule has 64 heavy (non-hydrogen) atoms. The standard InChI is InChI=1S/C11H14F2N3O12P3S.C11H13F2N2O12P3S2/c1-2-11(4-25-30(21,22)28-31(23,24)27-29(18,19)20)7(17)6(13)9(26-11)16-3-5(12)8(14)15-10(16)32;1-2-11(4-24-29(20,21)27-30(22,23)26-28(17,18)19)7(16)6(13)9(25-11)15-3-5(12)8(31)14-10(15)32/h1,3,6-7,9,17H,4H2,(H,21,22)(H,23,24)(H2,14,15,32)(H2,18,19,20);1,3,6-7,9,16H,4H2,(H,20,21)(H,22,23)(H,14,31,32)(H2,17,18,19)/t2*6?,7-,9-,11-/m11/s1. The Kier molecular flexibility index (Phi) is 18.0. The van der Waals surface area contributed by atoms with Gasteiger partial charge in [0.05, 0.1) is 0 Å². The second-order valence-electron chi connectivity index (χ2n) is 11.9. The van der Waals surface area contributed by atoms with Crippen molar-refractivity contribution in [3.05, 3.63) is 38.2 Å². The van der Waals surface area contributed by atoms with Gasteiger partial charge in [-0.25, -0.2) is 45.0 Å². The van der Waals surface area contributed by atoms with Crippen LogP contribution in [0.4, 0.5) is 23.4 Å². The number of nitrogen functional groups attached to an aromatic ring is 1. The van der Waals surface area contributed by atoms with Gasteiger partial charge in [-0.05, 0) is 24.4 Å². The number of nitrogens with two attached hydrogens (primary N) is 1. The number of phosphoric acid groups is 6. The van der Waals surface area contributed by atoms with Gasteiger partial charge in [-0.3, -0.25) is 18.2 Å². The van der Waals surface area contributed by atoms with Crippen LogP contribution < -0.4 is 5.73 Å². The van der Waals surface area contributed by atoms with Gasteiger partial charge in [0.15, 0.2) is 58.2 Å². The molecule has 2 fully saturated rings. The van der Waals surface area contributed by atoms with Crippen LogP contribution in [0.5, 0.6) is 0 Å². The van der Waals surface area contributed by atoms with E-state index in [-0.39, 0.29) is 4.77 Å². The average Bonchev–Trinajstić information content (AvgIpc) is 3.51. The van der Waals surface area contributed by atoms with Crippen molar-refractivity contribution in [3.63, 3.8) is 0 Å². The maximum Gasteiger partial charge on any atom is 0.490 e. The third kappa shape index (κ3) is 14.6. The van der Waals surface area contributed by atoms with Crippen molar-refractivity contribution in [2.75, 3.05) is 18.9 Å². The third-order valence-corrected chi connectivity index (χ3v) is 15.9. The number of aliphatic hydroxyl groups is 2. The molecule has 4 rings (SSSR count). The average molecular weight is 1100 g/mol. The molecule has 0 aromatic carbocycles. The molecule has 0 saturated carbocycles. The molecule has 0 aliphatic carbocycles. The Morgan fingerprint density at radius 2 is 1.09 bits per heavy atom. The van der Waals surface area contributed by atoms with Crippen LogP contribution in [-0.4, -0.2) is 117 Å². The van der Waals surface area contributed by atoms with Crippen LogP contribution in [0.25, 0.3) is 0 Å². The number of terminal acetylenes is 2. The number of H-pyrrole nitrogens is 1. The Balaban J connectivity index is 0.000000340. The number of halogens is 4. The maximum absolute atomic E-state index is 14.7. The van der Waals surface area contributed by atoms with E-state index < -0.39 is 135 Å². The highest BCUT2D eigenvalue weighted by molar-refractivity contribution is 7.72. The lowest BCUT2D eigenvalue weighted by Crippen LogP contribution is -2.44. The lowest BCUT2D eigenvalue weighted by molar-refractivity contribution is -0.0903. The minimum absolute atomic E-state index is 0.336. The van der Waals surface area contributed by atoms with Crippen molar-refractivity contribution in [1.29, 1.82) is 0 Å². The van der Waals surface area contributed by atoms with Crippen molar-refractivity contribution >= 4 is 89.4 Å². The van der Waals surface area contributed by atoms with Gasteiger partial charge in [-0.1, -0.05) is 24.1 Å². The quantitative estimate of drug-likeness (QED) is 0.0492. The number of phosphoric ester groups is 2. The van der Waals surface area contributed by atoms with Crippen molar-refractivity contribution < 1.29 is 130 Å². The lowest BCUT2D eigenvalue weighted by atomic mass is 9.98. The van der Waals surface area contributed by atoms with Gasteiger partial charge in [0.2, 0.25) is 4.77 Å². The first-order chi connectivity index (χ1) is 28.8. The summed E-state index contributed by atoms with van der Waals surface area (Å²) in [6.07, 6.45) is -1.45. The molecule has 12 atom stereocenters. The van der Waals surface area contributed by atoms with E-state index in [1.165, 1.54) is 0 Å². The molecule has 29 nitrogen and oxygen atoms in total. The first kappa shape index (κ1) is 56.4. The minimum Gasteiger partial charge on any atom is -0.386 e. The fourth-order valence-electron chi connectivity index (χ4n) is 4.76. The zero-order valence-electron chi connectivity index (χ0n) is 30.2. The monoisotopic (exact) mass is 1100 g/mol. The van der Waals surface area contributed by atoms with Crippen LogP contribution in [0.1, 0.15) is 12.5 Å². The molecule has 42 heteroatoms. The summed E-state index contributed by atoms with van der Waals surface area (Å²) in [5.41, 5.74) is 0.148. The molecule has 360 valence electrons. The molecule has 2 aliphatic rings. The highest BCUT2D eigenvalue weighted by Gasteiger charge is 2.58. The third-order valence-electron chi connectivity index (χ3n) is 7.38. The fraction of sp³-hybridized carbons (Fsp3) is 0.455. The fourth-order valence-corrected chi connectivity index (χ4v) is 11.6. The molecule has 2 saturated heterocycles. The first-order valence-corrected chi connectivity index (χ1v) is 25.7. The summed E-state index contributed by atoms with van der Waals surface area (Å²) >= 11 is 14.3. The summed E-state index contributed by atoms with van der Waals surface area (Å²) in [6, 6.07) is 0. The van der Waals surface area contributed by atoms with Gasteiger partial charge in [0.25, 0.3) is 0 Å². The Morgan fingerprint density at radius 1 is 0.719 bits per heavy atom. The van der Waals surface area contributed by atoms with Crippen LogP contribution in [0.2, 0.25) is 0 Å².